The summed E-state index contributed by atoms with van der Waals surface area (Å²) in [5, 5.41) is 9.28. The van der Waals surface area contributed by atoms with E-state index in [0.717, 1.165) is 5.56 Å². The average Bonchev–Trinajstić information content (AvgIpc) is 2.72. The number of rotatable bonds is 5. The Bertz CT molecular complexity index is 461. The van der Waals surface area contributed by atoms with Crippen LogP contribution in [0.2, 0.25) is 0 Å². The fourth-order valence-electron chi connectivity index (χ4n) is 2.39. The summed E-state index contributed by atoms with van der Waals surface area (Å²) in [6, 6.07) is 8.35. The van der Waals surface area contributed by atoms with Gasteiger partial charge in [0.2, 0.25) is 5.91 Å². The zero-order valence-electron chi connectivity index (χ0n) is 10.7. The summed E-state index contributed by atoms with van der Waals surface area (Å²) in [5.74, 6) is -1.21. The molecule has 19 heavy (non-hydrogen) atoms. The Morgan fingerprint density at radius 3 is 2.63 bits per heavy atom. The van der Waals surface area contributed by atoms with E-state index < -0.39 is 18.1 Å². The Kier molecular flexibility index (Phi) is 4.16. The number of carbonyl (C=O) groups is 2. The van der Waals surface area contributed by atoms with Gasteiger partial charge in [-0.15, -0.1) is 0 Å². The minimum Gasteiger partial charge on any atom is -0.480 e. The quantitative estimate of drug-likeness (QED) is 0.815. The molecule has 1 aliphatic rings. The highest BCUT2D eigenvalue weighted by molar-refractivity contribution is 5.88. The summed E-state index contributed by atoms with van der Waals surface area (Å²) in [6.07, 6.45) is 1.59. The van der Waals surface area contributed by atoms with Gasteiger partial charge in [0.1, 0.15) is 6.04 Å². The minimum atomic E-state index is -0.960. The van der Waals surface area contributed by atoms with Crippen molar-refractivity contribution in [1.29, 1.82) is 0 Å². The molecular formula is C14H18N2O3. The monoisotopic (exact) mass is 262 g/mol. The van der Waals surface area contributed by atoms with E-state index in [-0.39, 0.29) is 5.91 Å². The molecule has 1 fully saturated rings. The molecule has 1 saturated heterocycles. The second-order valence-electron chi connectivity index (χ2n) is 4.81. The van der Waals surface area contributed by atoms with Crippen LogP contribution in [-0.2, 0) is 16.0 Å². The van der Waals surface area contributed by atoms with Crippen LogP contribution < -0.4 is 5.73 Å². The van der Waals surface area contributed by atoms with Crippen molar-refractivity contribution in [2.75, 3.05) is 6.54 Å². The van der Waals surface area contributed by atoms with Gasteiger partial charge < -0.3 is 15.7 Å². The third kappa shape index (κ3) is 3.12. The summed E-state index contributed by atoms with van der Waals surface area (Å²) in [7, 11) is 0. The second kappa shape index (κ2) is 5.84. The molecule has 102 valence electrons. The summed E-state index contributed by atoms with van der Waals surface area (Å²) in [6.45, 7) is 0.436. The number of carboxylic acids is 1. The van der Waals surface area contributed by atoms with Gasteiger partial charge in [-0.3, -0.25) is 4.79 Å². The topological polar surface area (TPSA) is 83.6 Å². The highest BCUT2D eigenvalue weighted by Crippen LogP contribution is 2.17. The highest BCUT2D eigenvalue weighted by atomic mass is 16.4. The van der Waals surface area contributed by atoms with Crippen molar-refractivity contribution >= 4 is 11.9 Å². The van der Waals surface area contributed by atoms with Gasteiger partial charge >= 0.3 is 5.97 Å². The molecule has 2 atom stereocenters. The molecule has 2 rings (SSSR count). The van der Waals surface area contributed by atoms with Crippen molar-refractivity contribution in [2.24, 2.45) is 5.73 Å². The molecule has 0 saturated carbocycles. The fraction of sp³-hybridized carbons (Fsp3) is 0.429. The van der Waals surface area contributed by atoms with E-state index >= 15 is 0 Å². The third-order valence-electron chi connectivity index (χ3n) is 3.49. The molecule has 0 bridgehead atoms. The molecule has 1 aromatic carbocycles. The number of amides is 1. The zero-order chi connectivity index (χ0) is 13.8. The minimum absolute atomic E-state index is 0.250. The van der Waals surface area contributed by atoms with Crippen molar-refractivity contribution in [3.8, 4) is 0 Å². The van der Waals surface area contributed by atoms with Gasteiger partial charge in [0.05, 0.1) is 6.04 Å². The van der Waals surface area contributed by atoms with Crippen molar-refractivity contribution in [2.45, 2.75) is 31.3 Å². The Morgan fingerprint density at radius 1 is 1.42 bits per heavy atom. The maximum Gasteiger partial charge on any atom is 0.326 e. The first-order valence-corrected chi connectivity index (χ1v) is 6.42. The molecule has 0 radical (unpaired) electrons. The molecule has 5 heteroatoms. The molecule has 1 heterocycles. The summed E-state index contributed by atoms with van der Waals surface area (Å²) >= 11 is 0. The zero-order valence-corrected chi connectivity index (χ0v) is 10.7. The number of nitrogens with two attached hydrogens (primary N) is 1. The molecule has 1 aromatic rings. The van der Waals surface area contributed by atoms with E-state index in [2.05, 4.69) is 0 Å². The van der Waals surface area contributed by atoms with Crippen LogP contribution in [0.15, 0.2) is 30.3 Å². The van der Waals surface area contributed by atoms with E-state index in [1.165, 1.54) is 4.90 Å². The number of likely N-dealkylation sites (tertiary alicyclic amines) is 1. The molecule has 3 N–H and O–H groups in total. The molecule has 0 aromatic heterocycles. The SMILES string of the molecule is N[C@@H]1CCN([C@@H](CCc2ccccc2)C(=O)O)C1=O. The van der Waals surface area contributed by atoms with E-state index in [1.54, 1.807) is 0 Å². The molecular weight excluding hydrogens is 244 g/mol. The second-order valence-corrected chi connectivity index (χ2v) is 4.81. The van der Waals surface area contributed by atoms with Crippen LogP contribution in [0.4, 0.5) is 0 Å². The number of benzene rings is 1. The van der Waals surface area contributed by atoms with E-state index in [4.69, 9.17) is 5.73 Å². The standard InChI is InChI=1S/C14H18N2O3/c15-11-8-9-16(13(11)17)12(14(18)19)7-6-10-4-2-1-3-5-10/h1-5,11-12H,6-9,15H2,(H,18,19)/t11-,12+/m1/s1. The van der Waals surface area contributed by atoms with Gasteiger partial charge in [0.15, 0.2) is 0 Å². The van der Waals surface area contributed by atoms with E-state index in [9.17, 15) is 14.7 Å². The van der Waals surface area contributed by atoms with Crippen LogP contribution in [0, 0.1) is 0 Å². The van der Waals surface area contributed by atoms with Crippen molar-refractivity contribution in [3.05, 3.63) is 35.9 Å². The maximum atomic E-state index is 11.8. The lowest BCUT2D eigenvalue weighted by atomic mass is 10.0. The Morgan fingerprint density at radius 2 is 2.11 bits per heavy atom. The number of hydrogen-bond donors (Lipinski definition) is 2. The lowest BCUT2D eigenvalue weighted by molar-refractivity contribution is -0.148. The summed E-state index contributed by atoms with van der Waals surface area (Å²) in [5.41, 5.74) is 6.70. The molecule has 5 nitrogen and oxygen atoms in total. The average molecular weight is 262 g/mol. The number of nitrogens with zero attached hydrogens (tertiary/aromatic N) is 1. The third-order valence-corrected chi connectivity index (χ3v) is 3.49. The number of aliphatic carboxylic acids is 1. The van der Waals surface area contributed by atoms with Gasteiger partial charge in [0.25, 0.3) is 0 Å². The van der Waals surface area contributed by atoms with Crippen molar-refractivity contribution in [3.63, 3.8) is 0 Å². The van der Waals surface area contributed by atoms with Crippen LogP contribution in [0.5, 0.6) is 0 Å². The van der Waals surface area contributed by atoms with Crippen LogP contribution >= 0.6 is 0 Å². The number of aryl methyl sites for hydroxylation is 1. The Hall–Kier alpha value is -1.88. The molecule has 0 aliphatic carbocycles. The predicted octanol–water partition coefficient (Wildman–Crippen LogP) is 0.632. The fourth-order valence-corrected chi connectivity index (χ4v) is 2.39. The normalized spacial score (nSPS) is 20.6. The summed E-state index contributed by atoms with van der Waals surface area (Å²) in [4.78, 5) is 24.5. The van der Waals surface area contributed by atoms with Gasteiger partial charge in [-0.05, 0) is 24.8 Å². The molecule has 0 spiro atoms. The molecule has 1 amide bonds. The van der Waals surface area contributed by atoms with Gasteiger partial charge in [0, 0.05) is 6.54 Å². The Balaban J connectivity index is 2.01. The number of carbonyl (C=O) groups excluding carboxylic acids is 1. The number of carboxylic acid groups (broad SMARTS) is 1. The van der Waals surface area contributed by atoms with Gasteiger partial charge in [-0.25, -0.2) is 4.79 Å². The van der Waals surface area contributed by atoms with Gasteiger partial charge in [-0.2, -0.15) is 0 Å². The highest BCUT2D eigenvalue weighted by Gasteiger charge is 2.36. The van der Waals surface area contributed by atoms with Crippen LogP contribution in [0.1, 0.15) is 18.4 Å². The summed E-state index contributed by atoms with van der Waals surface area (Å²) < 4.78 is 0. The van der Waals surface area contributed by atoms with Crippen LogP contribution in [0.3, 0.4) is 0 Å². The molecule has 0 unspecified atom stereocenters. The molecule has 1 aliphatic heterocycles. The van der Waals surface area contributed by atoms with Crippen molar-refractivity contribution in [1.82, 2.24) is 4.90 Å². The Labute approximate surface area is 112 Å². The van der Waals surface area contributed by atoms with Crippen LogP contribution in [-0.4, -0.2) is 40.5 Å². The van der Waals surface area contributed by atoms with Gasteiger partial charge in [-0.1, -0.05) is 30.3 Å². The van der Waals surface area contributed by atoms with Crippen molar-refractivity contribution < 1.29 is 14.7 Å². The van der Waals surface area contributed by atoms with Crippen LogP contribution in [0.25, 0.3) is 0 Å². The largest absolute Gasteiger partial charge is 0.480 e. The lowest BCUT2D eigenvalue weighted by Crippen LogP contribution is -2.45. The first kappa shape index (κ1) is 13.5. The lowest BCUT2D eigenvalue weighted by Gasteiger charge is -2.24. The predicted molar refractivity (Wildman–Crippen MR) is 70.5 cm³/mol. The first-order chi connectivity index (χ1) is 9.09. The number of hydrogen-bond acceptors (Lipinski definition) is 3. The first-order valence-electron chi connectivity index (χ1n) is 6.42. The smallest absolute Gasteiger partial charge is 0.326 e. The van der Waals surface area contributed by atoms with E-state index in [1.807, 2.05) is 30.3 Å². The maximum absolute atomic E-state index is 11.8. The van der Waals surface area contributed by atoms with E-state index in [0.29, 0.717) is 25.8 Å².